The molecule has 108 valence electrons. The van der Waals surface area contributed by atoms with Crippen LogP contribution in [0.15, 0.2) is 22.7 Å². The molecule has 1 aromatic rings. The smallest absolute Gasteiger partial charge is 0.256 e. The summed E-state index contributed by atoms with van der Waals surface area (Å²) >= 11 is 3.38. The van der Waals surface area contributed by atoms with Crippen molar-refractivity contribution < 1.29 is 14.3 Å². The van der Waals surface area contributed by atoms with E-state index in [0.717, 1.165) is 0 Å². The molecule has 0 saturated carbocycles. The molecule has 0 spiro atoms. The highest BCUT2D eigenvalue weighted by molar-refractivity contribution is 9.10. The summed E-state index contributed by atoms with van der Waals surface area (Å²) < 4.78 is 5.83. The Morgan fingerprint density at radius 3 is 2.80 bits per heavy atom. The van der Waals surface area contributed by atoms with Crippen LogP contribution in [0.25, 0.3) is 0 Å². The number of halogens is 1. The van der Waals surface area contributed by atoms with Gasteiger partial charge in [-0.25, -0.2) is 0 Å². The first-order valence-corrected chi connectivity index (χ1v) is 7.11. The van der Waals surface area contributed by atoms with Crippen LogP contribution in [0.1, 0.15) is 24.2 Å². The van der Waals surface area contributed by atoms with Crippen LogP contribution in [0, 0.1) is 0 Å². The molecule has 0 atom stereocenters. The fraction of sp³-hybridized carbons (Fsp3) is 0.429. The Morgan fingerprint density at radius 2 is 2.15 bits per heavy atom. The molecule has 0 aliphatic carbocycles. The second-order valence-corrected chi connectivity index (χ2v) is 5.97. The highest BCUT2D eigenvalue weighted by Gasteiger charge is 2.41. The zero-order chi connectivity index (χ0) is 14.9. The van der Waals surface area contributed by atoms with Crippen LogP contribution in [0.4, 0.5) is 0 Å². The Balaban J connectivity index is 2.38. The fourth-order valence-electron chi connectivity index (χ4n) is 2.20. The number of carbonyl (C=O) groups excluding carboxylic acids is 2. The summed E-state index contributed by atoms with van der Waals surface area (Å²) in [5.74, 6) is 0.280. The second kappa shape index (κ2) is 5.44. The number of piperazine rings is 1. The molecule has 1 fully saturated rings. The largest absolute Gasteiger partial charge is 0.497 e. The van der Waals surface area contributed by atoms with Crippen LogP contribution in [0.2, 0.25) is 0 Å². The van der Waals surface area contributed by atoms with Crippen LogP contribution >= 0.6 is 15.9 Å². The third-order valence-corrected chi connectivity index (χ3v) is 4.19. The molecule has 2 rings (SSSR count). The number of ether oxygens (including phenoxy) is 1. The summed E-state index contributed by atoms with van der Waals surface area (Å²) in [6.07, 6.45) is 0. The summed E-state index contributed by atoms with van der Waals surface area (Å²) in [5.41, 5.74) is -0.371. The number of rotatable bonds is 2. The SMILES string of the molecule is COc1ccc(Br)c(C(=O)N2CCNC(=O)C2(C)C)c1. The van der Waals surface area contributed by atoms with E-state index in [4.69, 9.17) is 4.74 Å². The van der Waals surface area contributed by atoms with E-state index < -0.39 is 5.54 Å². The average Bonchev–Trinajstić information content (AvgIpc) is 2.41. The van der Waals surface area contributed by atoms with Crippen LogP contribution in [-0.2, 0) is 4.79 Å². The lowest BCUT2D eigenvalue weighted by atomic mass is 9.97. The molecule has 5 nitrogen and oxygen atoms in total. The molecule has 0 unspecified atom stereocenters. The summed E-state index contributed by atoms with van der Waals surface area (Å²) in [4.78, 5) is 26.2. The predicted molar refractivity (Wildman–Crippen MR) is 78.8 cm³/mol. The van der Waals surface area contributed by atoms with Gasteiger partial charge >= 0.3 is 0 Å². The third-order valence-electron chi connectivity index (χ3n) is 3.50. The first kappa shape index (κ1) is 14.8. The Kier molecular flexibility index (Phi) is 4.04. The van der Waals surface area contributed by atoms with Gasteiger partial charge in [-0.1, -0.05) is 0 Å². The van der Waals surface area contributed by atoms with Gasteiger partial charge in [0.05, 0.1) is 12.7 Å². The second-order valence-electron chi connectivity index (χ2n) is 5.12. The van der Waals surface area contributed by atoms with Crippen molar-refractivity contribution in [2.24, 2.45) is 0 Å². The van der Waals surface area contributed by atoms with Gasteiger partial charge in [-0.15, -0.1) is 0 Å². The van der Waals surface area contributed by atoms with E-state index in [-0.39, 0.29) is 11.8 Å². The van der Waals surface area contributed by atoms with E-state index in [1.807, 2.05) is 0 Å². The van der Waals surface area contributed by atoms with Gasteiger partial charge in [0.15, 0.2) is 0 Å². The normalized spacial score (nSPS) is 17.6. The van der Waals surface area contributed by atoms with Crippen LogP contribution in [-0.4, -0.2) is 42.5 Å². The van der Waals surface area contributed by atoms with Crippen molar-refractivity contribution in [2.75, 3.05) is 20.2 Å². The van der Waals surface area contributed by atoms with E-state index >= 15 is 0 Å². The molecule has 1 N–H and O–H groups in total. The van der Waals surface area contributed by atoms with Gasteiger partial charge in [0.2, 0.25) is 5.91 Å². The maximum Gasteiger partial charge on any atom is 0.256 e. The first-order chi connectivity index (χ1) is 9.37. The van der Waals surface area contributed by atoms with Crippen molar-refractivity contribution in [1.29, 1.82) is 0 Å². The molecule has 0 bridgehead atoms. The fourth-order valence-corrected chi connectivity index (χ4v) is 2.61. The number of methoxy groups -OCH3 is 1. The molecule has 6 heteroatoms. The lowest BCUT2D eigenvalue weighted by molar-refractivity contribution is -0.133. The molecule has 1 aliphatic heterocycles. The van der Waals surface area contributed by atoms with Crippen LogP contribution < -0.4 is 10.1 Å². The van der Waals surface area contributed by atoms with Crippen molar-refractivity contribution >= 4 is 27.7 Å². The van der Waals surface area contributed by atoms with E-state index in [2.05, 4.69) is 21.2 Å². The summed E-state index contributed by atoms with van der Waals surface area (Å²) in [7, 11) is 1.55. The Hall–Kier alpha value is -1.56. The Bertz CT molecular complexity index is 557. The average molecular weight is 341 g/mol. The van der Waals surface area contributed by atoms with Crippen LogP contribution in [0.3, 0.4) is 0 Å². The zero-order valence-electron chi connectivity index (χ0n) is 11.7. The van der Waals surface area contributed by atoms with Gasteiger partial charge in [0.1, 0.15) is 11.3 Å². The Morgan fingerprint density at radius 1 is 1.45 bits per heavy atom. The number of benzene rings is 1. The maximum atomic E-state index is 12.7. The molecular weight excluding hydrogens is 324 g/mol. The molecule has 1 aliphatic rings. The van der Waals surface area contributed by atoms with Gasteiger partial charge in [0, 0.05) is 17.6 Å². The number of amides is 2. The molecule has 0 radical (unpaired) electrons. The topological polar surface area (TPSA) is 58.6 Å². The van der Waals surface area contributed by atoms with Gasteiger partial charge in [-0.05, 0) is 48.0 Å². The monoisotopic (exact) mass is 340 g/mol. The third kappa shape index (κ3) is 2.52. The highest BCUT2D eigenvalue weighted by Crippen LogP contribution is 2.27. The minimum absolute atomic E-state index is 0.142. The van der Waals surface area contributed by atoms with E-state index in [1.54, 1.807) is 44.1 Å². The van der Waals surface area contributed by atoms with Crippen molar-refractivity contribution in [3.8, 4) is 5.75 Å². The quantitative estimate of drug-likeness (QED) is 0.893. The first-order valence-electron chi connectivity index (χ1n) is 6.31. The number of hydrogen-bond acceptors (Lipinski definition) is 3. The van der Waals surface area contributed by atoms with Crippen molar-refractivity contribution in [3.63, 3.8) is 0 Å². The van der Waals surface area contributed by atoms with Gasteiger partial charge < -0.3 is 15.0 Å². The molecule has 0 aromatic heterocycles. The van der Waals surface area contributed by atoms with Gasteiger partial charge in [-0.3, -0.25) is 9.59 Å². The summed E-state index contributed by atoms with van der Waals surface area (Å²) in [6, 6.07) is 5.22. The number of hydrogen-bond donors (Lipinski definition) is 1. The molecule has 1 aromatic carbocycles. The van der Waals surface area contributed by atoms with E-state index in [1.165, 1.54) is 0 Å². The van der Waals surface area contributed by atoms with E-state index in [0.29, 0.717) is 28.9 Å². The maximum absolute atomic E-state index is 12.7. The number of nitrogens with one attached hydrogen (secondary N) is 1. The van der Waals surface area contributed by atoms with Crippen molar-refractivity contribution in [3.05, 3.63) is 28.2 Å². The minimum Gasteiger partial charge on any atom is -0.497 e. The van der Waals surface area contributed by atoms with Crippen molar-refractivity contribution in [1.82, 2.24) is 10.2 Å². The van der Waals surface area contributed by atoms with Gasteiger partial charge in [-0.2, -0.15) is 0 Å². The molecular formula is C14H17BrN2O3. The number of carbonyl (C=O) groups is 2. The molecule has 20 heavy (non-hydrogen) atoms. The summed E-state index contributed by atoms with van der Waals surface area (Å²) in [5, 5.41) is 2.78. The highest BCUT2D eigenvalue weighted by atomic mass is 79.9. The summed E-state index contributed by atoms with van der Waals surface area (Å²) in [6.45, 7) is 4.44. The molecule has 1 heterocycles. The molecule has 2 amide bonds. The lowest BCUT2D eigenvalue weighted by Crippen LogP contribution is -2.63. The zero-order valence-corrected chi connectivity index (χ0v) is 13.3. The Labute approximate surface area is 126 Å². The van der Waals surface area contributed by atoms with Crippen molar-refractivity contribution in [2.45, 2.75) is 19.4 Å². The van der Waals surface area contributed by atoms with Crippen LogP contribution in [0.5, 0.6) is 5.75 Å². The minimum atomic E-state index is -0.863. The van der Waals surface area contributed by atoms with Gasteiger partial charge in [0.25, 0.3) is 5.91 Å². The number of nitrogens with zero attached hydrogens (tertiary/aromatic N) is 1. The van der Waals surface area contributed by atoms with E-state index in [9.17, 15) is 9.59 Å². The molecule has 1 saturated heterocycles. The standard InChI is InChI=1S/C14H17BrN2O3/c1-14(2)13(19)16-6-7-17(14)12(18)10-8-9(20-3)4-5-11(10)15/h4-5,8H,6-7H2,1-3H3,(H,16,19). The predicted octanol–water partition coefficient (Wildman–Crippen LogP) is 1.81. The lowest BCUT2D eigenvalue weighted by Gasteiger charge is -2.41.